The van der Waals surface area contributed by atoms with Crippen LogP contribution < -0.4 is 24.4 Å². The van der Waals surface area contributed by atoms with Gasteiger partial charge in [0.1, 0.15) is 41.8 Å². The number of carbonyl (C=O) groups is 2. The summed E-state index contributed by atoms with van der Waals surface area (Å²) in [7, 11) is 3.17. The smallest absolute Gasteiger partial charge is 0.352 e. The first-order valence-electron chi connectivity index (χ1n) is 16.8. The van der Waals surface area contributed by atoms with Gasteiger partial charge in [0.25, 0.3) is 0 Å². The van der Waals surface area contributed by atoms with Crippen molar-refractivity contribution in [3.63, 3.8) is 0 Å². The summed E-state index contributed by atoms with van der Waals surface area (Å²) in [6, 6.07) is 21.5. The Labute approximate surface area is 299 Å². The monoisotopic (exact) mass is 703 g/mol. The molecule has 2 N–H and O–H groups in total. The molecule has 1 saturated heterocycles. The van der Waals surface area contributed by atoms with Crippen LogP contribution in [0.1, 0.15) is 24.5 Å². The summed E-state index contributed by atoms with van der Waals surface area (Å²) in [6.07, 6.45) is 2.85. The van der Waals surface area contributed by atoms with Crippen LogP contribution in [0, 0.1) is 12.8 Å². The lowest BCUT2D eigenvalue weighted by atomic mass is 9.83. The number of hydrogen-bond acceptors (Lipinski definition) is 9. The molecule has 0 bridgehead atoms. The van der Waals surface area contributed by atoms with Crippen LogP contribution in [-0.2, 0) is 16.2 Å². The third kappa shape index (κ3) is 6.24. The zero-order valence-corrected chi connectivity index (χ0v) is 29.0. The minimum atomic E-state index is -1.18. The Balaban J connectivity index is 1.06. The van der Waals surface area contributed by atoms with Crippen molar-refractivity contribution in [2.75, 3.05) is 20.8 Å². The van der Waals surface area contributed by atoms with Gasteiger partial charge in [-0.2, -0.15) is 0 Å². The van der Waals surface area contributed by atoms with Crippen LogP contribution in [0.4, 0.5) is 0 Å². The predicted molar refractivity (Wildman–Crippen MR) is 193 cm³/mol. The first kappa shape index (κ1) is 34.4. The van der Waals surface area contributed by atoms with E-state index in [0.29, 0.717) is 40.6 Å². The van der Waals surface area contributed by atoms with Gasteiger partial charge in [-0.3, -0.25) is 9.59 Å². The van der Waals surface area contributed by atoms with E-state index in [2.05, 4.69) is 0 Å². The van der Waals surface area contributed by atoms with E-state index in [4.69, 9.17) is 23.4 Å². The summed E-state index contributed by atoms with van der Waals surface area (Å²) < 4.78 is 29.3. The number of allylic oxidation sites excluding steroid dienone is 1. The number of fused-ring (bicyclic) bond motifs is 3. The predicted octanol–water partition coefficient (Wildman–Crippen LogP) is 6.35. The van der Waals surface area contributed by atoms with Gasteiger partial charge in [0.05, 0.1) is 32.3 Å². The summed E-state index contributed by atoms with van der Waals surface area (Å²) >= 11 is 0. The Morgan fingerprint density at radius 2 is 1.73 bits per heavy atom. The number of aryl methyl sites for hydroxylation is 1. The average molecular weight is 704 g/mol. The number of amides is 1. The van der Waals surface area contributed by atoms with Crippen molar-refractivity contribution in [3.8, 4) is 45.4 Å². The third-order valence-electron chi connectivity index (χ3n) is 9.62. The van der Waals surface area contributed by atoms with Crippen molar-refractivity contribution >= 4 is 22.8 Å². The first-order valence-corrected chi connectivity index (χ1v) is 16.8. The quantitative estimate of drug-likeness (QED) is 0.111. The molecular formula is C41H37NO10. The highest BCUT2D eigenvalue weighted by Gasteiger charge is 2.56. The second kappa shape index (κ2) is 13.9. The molecule has 0 saturated carbocycles. The van der Waals surface area contributed by atoms with Crippen LogP contribution in [0.15, 0.2) is 105 Å². The molecule has 0 aromatic heterocycles. The number of benzene rings is 4. The number of aliphatic carboxylic acids is 1. The molecule has 1 fully saturated rings. The minimum Gasteiger partial charge on any atom is -0.497 e. The molecule has 0 spiro atoms. The number of aliphatic hydroxyl groups excluding tert-OH is 1. The summed E-state index contributed by atoms with van der Waals surface area (Å²) in [4.78, 5) is 37.9. The number of rotatable bonds is 12. The molecule has 3 heterocycles. The summed E-state index contributed by atoms with van der Waals surface area (Å²) in [5.41, 5.74) is 5.49. The SMILES string of the molecule is COc1ccc(-c2c3ccc(=O)cc-3oc3cc(OCc4ccc(OC/C=C/C5=C(C(=O)O)N6C(=O)[C@H](C(C)O)[C@H]6C5)c(OC)c4)ccc23)c(C)c1. The molecule has 3 aliphatic heterocycles. The van der Waals surface area contributed by atoms with Gasteiger partial charge >= 0.3 is 5.97 Å². The number of carbonyl (C=O) groups excluding carboxylic acids is 1. The Morgan fingerprint density at radius 3 is 2.46 bits per heavy atom. The van der Waals surface area contributed by atoms with Gasteiger partial charge in [0.2, 0.25) is 5.91 Å². The molecule has 52 heavy (non-hydrogen) atoms. The van der Waals surface area contributed by atoms with Crippen molar-refractivity contribution in [1.29, 1.82) is 0 Å². The van der Waals surface area contributed by atoms with Crippen LogP contribution >= 0.6 is 0 Å². The minimum absolute atomic E-state index is 0.0529. The molecule has 7 rings (SSSR count). The van der Waals surface area contributed by atoms with Crippen LogP contribution in [0.2, 0.25) is 0 Å². The highest BCUT2D eigenvalue weighted by atomic mass is 16.5. The first-order chi connectivity index (χ1) is 25.1. The zero-order valence-electron chi connectivity index (χ0n) is 29.0. The lowest BCUT2D eigenvalue weighted by Gasteiger charge is -2.44. The Hall–Kier alpha value is -6.07. The van der Waals surface area contributed by atoms with Gasteiger partial charge < -0.3 is 38.5 Å². The van der Waals surface area contributed by atoms with E-state index in [9.17, 15) is 24.6 Å². The van der Waals surface area contributed by atoms with Gasteiger partial charge in [0, 0.05) is 28.6 Å². The summed E-state index contributed by atoms with van der Waals surface area (Å²) in [6.45, 7) is 3.91. The maximum atomic E-state index is 12.5. The Kier molecular flexibility index (Phi) is 9.20. The van der Waals surface area contributed by atoms with Crippen molar-refractivity contribution in [2.45, 2.75) is 39.0 Å². The van der Waals surface area contributed by atoms with E-state index in [0.717, 1.165) is 39.0 Å². The second-order valence-electron chi connectivity index (χ2n) is 12.9. The van der Waals surface area contributed by atoms with E-state index in [1.807, 2.05) is 55.5 Å². The number of aliphatic hydroxyl groups is 1. The zero-order chi connectivity index (χ0) is 36.7. The maximum Gasteiger partial charge on any atom is 0.352 e. The van der Waals surface area contributed by atoms with E-state index in [-0.39, 0.29) is 36.3 Å². The number of ether oxygens (including phenoxy) is 4. The van der Waals surface area contributed by atoms with Gasteiger partial charge in [-0.1, -0.05) is 18.2 Å². The van der Waals surface area contributed by atoms with Gasteiger partial charge in [-0.05, 0) is 97.1 Å². The topological polar surface area (TPSA) is 145 Å². The molecule has 3 aromatic carbocycles. The molecule has 3 atom stereocenters. The molecule has 1 unspecified atom stereocenters. The number of β-lactam (4-membered cyclic amide) rings is 1. The molecule has 3 aromatic rings. The molecule has 4 aliphatic rings. The third-order valence-corrected chi connectivity index (χ3v) is 9.62. The van der Waals surface area contributed by atoms with E-state index in [1.54, 1.807) is 38.3 Å². The van der Waals surface area contributed by atoms with Gasteiger partial charge in [-0.15, -0.1) is 0 Å². The van der Waals surface area contributed by atoms with Crippen LogP contribution in [0.25, 0.3) is 33.4 Å². The number of hydrogen-bond donors (Lipinski definition) is 2. The lowest BCUT2D eigenvalue weighted by Crippen LogP contribution is -2.61. The van der Waals surface area contributed by atoms with E-state index in [1.165, 1.54) is 24.1 Å². The molecule has 11 nitrogen and oxygen atoms in total. The molecule has 1 aliphatic carbocycles. The largest absolute Gasteiger partial charge is 0.497 e. The molecular weight excluding hydrogens is 666 g/mol. The molecule has 266 valence electrons. The van der Waals surface area contributed by atoms with E-state index >= 15 is 0 Å². The van der Waals surface area contributed by atoms with Crippen molar-refractivity contribution < 1.29 is 43.2 Å². The van der Waals surface area contributed by atoms with Crippen molar-refractivity contribution in [3.05, 3.63) is 118 Å². The van der Waals surface area contributed by atoms with Crippen LogP contribution in [0.3, 0.4) is 0 Å². The summed E-state index contributed by atoms with van der Waals surface area (Å²) in [5.74, 6) is 0.623. The van der Waals surface area contributed by atoms with E-state index < -0.39 is 18.0 Å². The molecule has 0 radical (unpaired) electrons. The number of nitrogens with zero attached hydrogens (tertiary/aromatic N) is 1. The number of carboxylic acid groups (broad SMARTS) is 1. The number of methoxy groups -OCH3 is 2. The Bertz CT molecular complexity index is 2300. The van der Waals surface area contributed by atoms with Crippen molar-refractivity contribution in [2.24, 2.45) is 5.92 Å². The second-order valence-corrected chi connectivity index (χ2v) is 12.9. The fraction of sp³-hybridized carbons (Fsp3) is 0.244. The standard InChI is InChI=1S/C41H37NO10/c1-22-16-27(48-3)9-12-29(22)38-30-11-8-26(44)19-34(30)52-35-20-28(10-13-31(35)38)51-21-24-7-14-33(36(17-24)49-4)50-15-5-6-25-18-32-37(23(2)43)40(45)42(32)39(25)41(46)47/h5-14,16-17,19-20,23,32,37,43H,15,18,21H2,1-4H3,(H,46,47)/b6-5+/t23?,32-,37-/m1/s1. The molecule has 11 heteroatoms. The molecule has 1 amide bonds. The van der Waals surface area contributed by atoms with Gasteiger partial charge in [-0.25, -0.2) is 4.79 Å². The fourth-order valence-corrected chi connectivity index (χ4v) is 7.14. The highest BCUT2D eigenvalue weighted by molar-refractivity contribution is 6.03. The van der Waals surface area contributed by atoms with Crippen molar-refractivity contribution in [1.82, 2.24) is 4.90 Å². The maximum absolute atomic E-state index is 12.5. The van der Waals surface area contributed by atoms with Crippen LogP contribution in [0.5, 0.6) is 23.0 Å². The normalized spacial score (nSPS) is 17.4. The average Bonchev–Trinajstić information content (AvgIpc) is 3.45. The number of carboxylic acids is 1. The summed E-state index contributed by atoms with van der Waals surface area (Å²) in [5, 5.41) is 20.6. The lowest BCUT2D eigenvalue weighted by molar-refractivity contribution is -0.161. The Morgan fingerprint density at radius 1 is 0.942 bits per heavy atom. The highest BCUT2D eigenvalue weighted by Crippen LogP contribution is 2.45. The van der Waals surface area contributed by atoms with Gasteiger partial charge in [0.15, 0.2) is 16.9 Å². The fourth-order valence-electron chi connectivity index (χ4n) is 7.14. The van der Waals surface area contributed by atoms with Crippen LogP contribution in [-0.4, -0.2) is 60.0 Å².